The molecule has 0 bridgehead atoms. The summed E-state index contributed by atoms with van der Waals surface area (Å²) < 4.78 is 6.24. The van der Waals surface area contributed by atoms with Crippen molar-refractivity contribution < 1.29 is 19.1 Å². The van der Waals surface area contributed by atoms with Crippen molar-refractivity contribution >= 4 is 17.8 Å². The Morgan fingerprint density at radius 2 is 1.91 bits per heavy atom. The van der Waals surface area contributed by atoms with Crippen molar-refractivity contribution in [1.82, 2.24) is 20.0 Å². The quantitative estimate of drug-likeness (QED) is 0.555. The van der Waals surface area contributed by atoms with E-state index in [1.165, 1.54) is 30.7 Å². The Kier molecular flexibility index (Phi) is 6.54. The summed E-state index contributed by atoms with van der Waals surface area (Å²) >= 11 is 0. The van der Waals surface area contributed by atoms with E-state index in [0.717, 1.165) is 36.8 Å². The number of nitrogens with one attached hydrogen (secondary N) is 1. The molecule has 1 saturated carbocycles. The SMILES string of the molecule is COC(=O)c1cc2n(n1)C[C@](C)(C(=O)NC1CCCCCC1)N(Cc1cccc(C)c1)C2=O. The van der Waals surface area contributed by atoms with Crippen LogP contribution >= 0.6 is 0 Å². The Morgan fingerprint density at radius 1 is 1.18 bits per heavy atom. The lowest BCUT2D eigenvalue weighted by molar-refractivity contribution is -0.134. The highest BCUT2D eigenvalue weighted by Gasteiger charge is 2.48. The largest absolute Gasteiger partial charge is 0.464 e. The van der Waals surface area contributed by atoms with E-state index in [2.05, 4.69) is 10.4 Å². The minimum Gasteiger partial charge on any atom is -0.464 e. The van der Waals surface area contributed by atoms with E-state index >= 15 is 0 Å². The van der Waals surface area contributed by atoms with Gasteiger partial charge in [-0.15, -0.1) is 0 Å². The number of fused-ring (bicyclic) bond motifs is 1. The summed E-state index contributed by atoms with van der Waals surface area (Å²) in [5, 5.41) is 7.50. The van der Waals surface area contributed by atoms with Crippen LogP contribution in [0, 0.1) is 6.92 Å². The number of esters is 1. The van der Waals surface area contributed by atoms with Crippen molar-refractivity contribution in [3.8, 4) is 0 Å². The zero-order chi connectivity index (χ0) is 23.6. The van der Waals surface area contributed by atoms with E-state index in [4.69, 9.17) is 4.74 Å². The molecule has 0 radical (unpaired) electrons. The van der Waals surface area contributed by atoms with Gasteiger partial charge in [0.1, 0.15) is 11.2 Å². The van der Waals surface area contributed by atoms with Gasteiger partial charge in [0.15, 0.2) is 5.69 Å². The second-order valence-electron chi connectivity index (χ2n) is 9.38. The van der Waals surface area contributed by atoms with Crippen LogP contribution < -0.4 is 5.32 Å². The topological polar surface area (TPSA) is 93.5 Å². The van der Waals surface area contributed by atoms with Crippen molar-refractivity contribution in [3.63, 3.8) is 0 Å². The van der Waals surface area contributed by atoms with Crippen LogP contribution in [0.5, 0.6) is 0 Å². The summed E-state index contributed by atoms with van der Waals surface area (Å²) in [6, 6.07) is 9.47. The second-order valence-corrected chi connectivity index (χ2v) is 9.38. The van der Waals surface area contributed by atoms with Crippen molar-refractivity contribution in [1.29, 1.82) is 0 Å². The number of nitrogens with zero attached hydrogens (tertiary/aromatic N) is 3. The molecule has 0 saturated heterocycles. The molecule has 0 unspecified atom stereocenters. The molecule has 2 amide bonds. The van der Waals surface area contributed by atoms with Crippen molar-refractivity contribution in [2.45, 2.75) is 77.0 Å². The molecule has 2 aromatic rings. The Bertz CT molecular complexity index is 1050. The maximum Gasteiger partial charge on any atom is 0.358 e. The van der Waals surface area contributed by atoms with Crippen LogP contribution in [0.2, 0.25) is 0 Å². The van der Waals surface area contributed by atoms with Crippen LogP contribution in [0.1, 0.15) is 77.6 Å². The highest BCUT2D eigenvalue weighted by Crippen LogP contribution is 2.30. The Morgan fingerprint density at radius 3 is 2.58 bits per heavy atom. The molecule has 176 valence electrons. The molecule has 2 heterocycles. The zero-order valence-corrected chi connectivity index (χ0v) is 19.6. The number of carbonyl (C=O) groups is 3. The molecule has 8 heteroatoms. The maximum atomic E-state index is 13.7. The summed E-state index contributed by atoms with van der Waals surface area (Å²) in [6.07, 6.45) is 6.47. The van der Waals surface area contributed by atoms with Gasteiger partial charge in [0, 0.05) is 18.7 Å². The minimum atomic E-state index is -1.15. The fraction of sp³-hybridized carbons (Fsp3) is 0.520. The molecular weight excluding hydrogens is 420 g/mol. The molecule has 2 aliphatic rings. The Balaban J connectivity index is 1.69. The molecule has 4 rings (SSSR count). The van der Waals surface area contributed by atoms with Gasteiger partial charge in [0.2, 0.25) is 5.91 Å². The van der Waals surface area contributed by atoms with Gasteiger partial charge in [-0.05, 0) is 32.3 Å². The summed E-state index contributed by atoms with van der Waals surface area (Å²) in [5.74, 6) is -1.13. The lowest BCUT2D eigenvalue weighted by atomic mass is 9.93. The van der Waals surface area contributed by atoms with Gasteiger partial charge in [-0.25, -0.2) is 4.79 Å². The predicted octanol–water partition coefficient (Wildman–Crippen LogP) is 3.23. The van der Waals surface area contributed by atoms with Gasteiger partial charge in [0.05, 0.1) is 13.7 Å². The number of ether oxygens (including phenoxy) is 1. The number of benzene rings is 1. The fourth-order valence-corrected chi connectivity index (χ4v) is 4.85. The predicted molar refractivity (Wildman–Crippen MR) is 123 cm³/mol. The van der Waals surface area contributed by atoms with Crippen LogP contribution in [-0.4, -0.2) is 51.2 Å². The Hall–Kier alpha value is -3.16. The van der Waals surface area contributed by atoms with Crippen LogP contribution in [0.25, 0.3) is 0 Å². The van der Waals surface area contributed by atoms with E-state index in [9.17, 15) is 14.4 Å². The third-order valence-corrected chi connectivity index (χ3v) is 6.79. The summed E-state index contributed by atoms with van der Waals surface area (Å²) in [6.45, 7) is 4.23. The second kappa shape index (κ2) is 9.37. The average Bonchev–Trinajstić information content (AvgIpc) is 3.04. The normalized spacial score (nSPS) is 21.3. The number of rotatable bonds is 5. The van der Waals surface area contributed by atoms with E-state index in [-0.39, 0.29) is 42.3 Å². The molecule has 1 aliphatic carbocycles. The van der Waals surface area contributed by atoms with E-state index in [0.29, 0.717) is 0 Å². The zero-order valence-electron chi connectivity index (χ0n) is 19.6. The lowest BCUT2D eigenvalue weighted by Crippen LogP contribution is -2.64. The first kappa shape index (κ1) is 23.0. The Labute approximate surface area is 194 Å². The number of hydrogen-bond donors (Lipinski definition) is 1. The van der Waals surface area contributed by atoms with Crippen molar-refractivity contribution in [2.75, 3.05) is 7.11 Å². The van der Waals surface area contributed by atoms with Gasteiger partial charge >= 0.3 is 5.97 Å². The molecule has 1 N–H and O–H groups in total. The summed E-state index contributed by atoms with van der Waals surface area (Å²) in [5.41, 5.74) is 1.21. The van der Waals surface area contributed by atoms with Crippen LogP contribution in [0.4, 0.5) is 0 Å². The molecule has 1 fully saturated rings. The van der Waals surface area contributed by atoms with E-state index in [1.54, 1.807) is 11.8 Å². The third-order valence-electron chi connectivity index (χ3n) is 6.79. The molecule has 33 heavy (non-hydrogen) atoms. The first-order valence-corrected chi connectivity index (χ1v) is 11.7. The van der Waals surface area contributed by atoms with E-state index < -0.39 is 11.5 Å². The number of aromatic nitrogens is 2. The average molecular weight is 453 g/mol. The van der Waals surface area contributed by atoms with Crippen molar-refractivity contribution in [2.24, 2.45) is 0 Å². The third kappa shape index (κ3) is 4.65. The molecule has 8 nitrogen and oxygen atoms in total. The molecule has 0 spiro atoms. The number of aryl methyl sites for hydroxylation is 1. The molecule has 1 aromatic heterocycles. The smallest absolute Gasteiger partial charge is 0.358 e. The van der Waals surface area contributed by atoms with Gasteiger partial charge in [-0.3, -0.25) is 14.3 Å². The fourth-order valence-electron chi connectivity index (χ4n) is 4.85. The van der Waals surface area contributed by atoms with Crippen LogP contribution in [-0.2, 0) is 22.6 Å². The first-order valence-electron chi connectivity index (χ1n) is 11.7. The standard InChI is InChI=1S/C25H32N4O4/c1-17-9-8-10-18(13-17)15-28-22(30)21-14-20(23(31)33-3)27-29(21)16-25(28,2)24(32)26-19-11-6-4-5-7-12-19/h8-10,13-14,19H,4-7,11-12,15-16H2,1-3H3,(H,26,32)/t25-/m1/s1. The molecular formula is C25H32N4O4. The highest BCUT2D eigenvalue weighted by molar-refractivity contribution is 6.01. The van der Waals surface area contributed by atoms with Crippen molar-refractivity contribution in [3.05, 3.63) is 52.8 Å². The van der Waals surface area contributed by atoms with E-state index in [1.807, 2.05) is 31.2 Å². The summed E-state index contributed by atoms with van der Waals surface area (Å²) in [4.78, 5) is 41.0. The van der Waals surface area contributed by atoms with Gasteiger partial charge in [0.25, 0.3) is 5.91 Å². The van der Waals surface area contributed by atoms with Gasteiger partial charge in [-0.1, -0.05) is 55.5 Å². The molecule has 1 aromatic carbocycles. The number of methoxy groups -OCH3 is 1. The number of hydrogen-bond acceptors (Lipinski definition) is 5. The minimum absolute atomic E-state index is 0.0600. The molecule has 1 atom stereocenters. The van der Waals surface area contributed by atoms with Gasteiger partial charge in [-0.2, -0.15) is 5.10 Å². The number of amides is 2. The van der Waals surface area contributed by atoms with Crippen LogP contribution in [0.3, 0.4) is 0 Å². The lowest BCUT2D eigenvalue weighted by Gasteiger charge is -2.44. The summed E-state index contributed by atoms with van der Waals surface area (Å²) in [7, 11) is 1.27. The monoisotopic (exact) mass is 452 g/mol. The highest BCUT2D eigenvalue weighted by atomic mass is 16.5. The van der Waals surface area contributed by atoms with Gasteiger partial charge < -0.3 is 15.0 Å². The molecule has 1 aliphatic heterocycles. The first-order chi connectivity index (χ1) is 15.8. The van der Waals surface area contributed by atoms with Crippen LogP contribution in [0.15, 0.2) is 30.3 Å². The maximum absolute atomic E-state index is 13.7. The number of carbonyl (C=O) groups excluding carboxylic acids is 3.